The van der Waals surface area contributed by atoms with E-state index in [2.05, 4.69) is 12.0 Å². The minimum Gasteiger partial charge on any atom is -0.383 e. The van der Waals surface area contributed by atoms with Crippen LogP contribution in [0.4, 0.5) is 10.2 Å². The van der Waals surface area contributed by atoms with Crippen molar-refractivity contribution < 1.29 is 4.39 Å². The summed E-state index contributed by atoms with van der Waals surface area (Å²) in [6, 6.07) is 4.42. The molecule has 2 aromatic rings. The van der Waals surface area contributed by atoms with Crippen molar-refractivity contribution in [2.45, 2.75) is 38.0 Å². The first-order valence-electron chi connectivity index (χ1n) is 7.21. The van der Waals surface area contributed by atoms with E-state index in [0.717, 1.165) is 29.7 Å². The van der Waals surface area contributed by atoms with Crippen LogP contribution in [0.15, 0.2) is 18.2 Å². The Morgan fingerprint density at radius 2 is 2.00 bits per heavy atom. The Kier molecular flexibility index (Phi) is 3.44. The van der Waals surface area contributed by atoms with Crippen molar-refractivity contribution in [3.8, 4) is 11.1 Å². The number of rotatable bonds is 2. The van der Waals surface area contributed by atoms with Gasteiger partial charge >= 0.3 is 0 Å². The number of halogens is 2. The second-order valence-corrected chi connectivity index (χ2v) is 6.53. The van der Waals surface area contributed by atoms with E-state index in [0.29, 0.717) is 10.8 Å². The van der Waals surface area contributed by atoms with Crippen molar-refractivity contribution in [3.05, 3.63) is 34.7 Å². The molecule has 1 saturated carbocycles. The van der Waals surface area contributed by atoms with Gasteiger partial charge < -0.3 is 5.73 Å². The summed E-state index contributed by atoms with van der Waals surface area (Å²) in [5.74, 6) is 0.228. The molecular formula is C16H19ClFN3. The average molecular weight is 308 g/mol. The summed E-state index contributed by atoms with van der Waals surface area (Å²) in [6.45, 7) is 2.22. The molecule has 1 aromatic heterocycles. The molecule has 1 aliphatic carbocycles. The maximum atomic E-state index is 13.3. The van der Waals surface area contributed by atoms with Crippen LogP contribution in [0, 0.1) is 5.82 Å². The molecule has 0 saturated heterocycles. The van der Waals surface area contributed by atoms with Crippen molar-refractivity contribution >= 4 is 17.4 Å². The zero-order chi connectivity index (χ0) is 15.2. The quantitative estimate of drug-likeness (QED) is 0.899. The molecule has 5 heteroatoms. The van der Waals surface area contributed by atoms with Crippen LogP contribution >= 0.6 is 11.6 Å². The third-order valence-corrected chi connectivity index (χ3v) is 4.88. The normalized spacial score (nSPS) is 17.3. The van der Waals surface area contributed by atoms with E-state index in [-0.39, 0.29) is 11.2 Å². The summed E-state index contributed by atoms with van der Waals surface area (Å²) in [5, 5.41) is 5.02. The van der Waals surface area contributed by atoms with Crippen molar-refractivity contribution in [2.24, 2.45) is 7.05 Å². The van der Waals surface area contributed by atoms with Crippen LogP contribution < -0.4 is 5.73 Å². The van der Waals surface area contributed by atoms with E-state index in [4.69, 9.17) is 17.3 Å². The van der Waals surface area contributed by atoms with Gasteiger partial charge in [-0.2, -0.15) is 5.10 Å². The third kappa shape index (κ3) is 2.31. The molecule has 3 nitrogen and oxygen atoms in total. The standard InChI is InChI=1S/C16H19ClFN3/c1-16(7-3-4-8-16)14-13(15(19)21(2)20-14)11-6-5-10(18)9-12(11)17/h5-6,9H,3-4,7-8,19H2,1-2H3. The SMILES string of the molecule is Cn1nc(C2(C)CCCC2)c(-c2ccc(F)cc2Cl)c1N. The van der Waals surface area contributed by atoms with E-state index >= 15 is 0 Å². The van der Waals surface area contributed by atoms with Crippen LogP contribution in [0.5, 0.6) is 0 Å². The number of aromatic nitrogens is 2. The first kappa shape index (κ1) is 14.4. The highest BCUT2D eigenvalue weighted by Crippen LogP contribution is 2.46. The van der Waals surface area contributed by atoms with E-state index in [9.17, 15) is 4.39 Å². The minimum absolute atomic E-state index is 0.0163. The van der Waals surface area contributed by atoms with E-state index in [1.807, 2.05) is 7.05 Å². The number of hydrogen-bond donors (Lipinski definition) is 1. The van der Waals surface area contributed by atoms with Crippen molar-refractivity contribution in [2.75, 3.05) is 5.73 Å². The van der Waals surface area contributed by atoms with Gasteiger partial charge in [-0.15, -0.1) is 0 Å². The fraction of sp³-hybridized carbons (Fsp3) is 0.438. The largest absolute Gasteiger partial charge is 0.383 e. The van der Waals surface area contributed by atoms with E-state index in [1.165, 1.54) is 25.0 Å². The monoisotopic (exact) mass is 307 g/mol. The summed E-state index contributed by atoms with van der Waals surface area (Å²) >= 11 is 6.24. The number of hydrogen-bond acceptors (Lipinski definition) is 2. The molecule has 3 rings (SSSR count). The molecule has 1 aromatic carbocycles. The van der Waals surface area contributed by atoms with Gasteiger partial charge in [0.1, 0.15) is 11.6 Å². The van der Waals surface area contributed by atoms with Gasteiger partial charge in [-0.05, 0) is 31.0 Å². The fourth-order valence-electron chi connectivity index (χ4n) is 3.31. The van der Waals surface area contributed by atoms with Gasteiger partial charge in [-0.1, -0.05) is 31.4 Å². The second-order valence-electron chi connectivity index (χ2n) is 6.12. The summed E-state index contributed by atoms with van der Waals surface area (Å²) in [4.78, 5) is 0. The Balaban J connectivity index is 2.22. The molecule has 0 aliphatic heterocycles. The molecular weight excluding hydrogens is 289 g/mol. The van der Waals surface area contributed by atoms with Gasteiger partial charge in [0.15, 0.2) is 0 Å². The van der Waals surface area contributed by atoms with Crippen LogP contribution in [0.2, 0.25) is 5.02 Å². The lowest BCUT2D eigenvalue weighted by Crippen LogP contribution is -2.19. The van der Waals surface area contributed by atoms with Gasteiger partial charge in [-0.3, -0.25) is 4.68 Å². The number of nitrogen functional groups attached to an aromatic ring is 1. The fourth-order valence-corrected chi connectivity index (χ4v) is 3.57. The molecule has 0 radical (unpaired) electrons. The van der Waals surface area contributed by atoms with Crippen molar-refractivity contribution in [1.29, 1.82) is 0 Å². The predicted octanol–water partition coefficient (Wildman–Crippen LogP) is 4.29. The highest BCUT2D eigenvalue weighted by Gasteiger charge is 2.37. The molecule has 1 fully saturated rings. The Morgan fingerprint density at radius 3 is 2.62 bits per heavy atom. The summed E-state index contributed by atoms with van der Waals surface area (Å²) in [7, 11) is 1.83. The van der Waals surface area contributed by atoms with Gasteiger partial charge in [0, 0.05) is 23.6 Å². The zero-order valence-electron chi connectivity index (χ0n) is 12.3. The molecule has 0 amide bonds. The van der Waals surface area contributed by atoms with E-state index < -0.39 is 0 Å². The maximum absolute atomic E-state index is 13.3. The van der Waals surface area contributed by atoms with Gasteiger partial charge in [-0.25, -0.2) is 4.39 Å². The van der Waals surface area contributed by atoms with Crippen molar-refractivity contribution in [3.63, 3.8) is 0 Å². The number of aryl methyl sites for hydroxylation is 1. The zero-order valence-corrected chi connectivity index (χ0v) is 13.0. The number of anilines is 1. The Bertz CT molecular complexity index is 687. The molecule has 21 heavy (non-hydrogen) atoms. The predicted molar refractivity (Wildman–Crippen MR) is 83.8 cm³/mol. The molecule has 1 heterocycles. The number of benzene rings is 1. The van der Waals surface area contributed by atoms with Crippen LogP contribution in [0.25, 0.3) is 11.1 Å². The van der Waals surface area contributed by atoms with E-state index in [1.54, 1.807) is 10.7 Å². The van der Waals surface area contributed by atoms with Gasteiger partial charge in [0.05, 0.1) is 10.7 Å². The van der Waals surface area contributed by atoms with Crippen molar-refractivity contribution in [1.82, 2.24) is 9.78 Å². The molecule has 0 unspecified atom stereocenters. The molecule has 2 N–H and O–H groups in total. The second kappa shape index (κ2) is 5.02. The summed E-state index contributed by atoms with van der Waals surface area (Å²) in [6.07, 6.45) is 4.58. The first-order chi connectivity index (χ1) is 9.92. The smallest absolute Gasteiger partial charge is 0.129 e. The molecule has 0 atom stereocenters. The Hall–Kier alpha value is -1.55. The van der Waals surface area contributed by atoms with Gasteiger partial charge in [0.2, 0.25) is 0 Å². The highest BCUT2D eigenvalue weighted by molar-refractivity contribution is 6.33. The Morgan fingerprint density at radius 1 is 1.33 bits per heavy atom. The average Bonchev–Trinajstić information content (AvgIpc) is 2.98. The lowest BCUT2D eigenvalue weighted by molar-refractivity contribution is 0.469. The molecule has 0 spiro atoms. The first-order valence-corrected chi connectivity index (χ1v) is 7.58. The lowest BCUT2D eigenvalue weighted by Gasteiger charge is -2.23. The minimum atomic E-state index is -0.347. The highest BCUT2D eigenvalue weighted by atomic mass is 35.5. The number of nitrogens with two attached hydrogens (primary N) is 1. The Labute approximate surface area is 128 Å². The van der Waals surface area contributed by atoms with Gasteiger partial charge in [0.25, 0.3) is 0 Å². The molecule has 112 valence electrons. The topological polar surface area (TPSA) is 43.8 Å². The molecule has 1 aliphatic rings. The van der Waals surface area contributed by atoms with Crippen LogP contribution in [0.3, 0.4) is 0 Å². The summed E-state index contributed by atoms with van der Waals surface area (Å²) < 4.78 is 15.0. The number of nitrogens with zero attached hydrogens (tertiary/aromatic N) is 2. The maximum Gasteiger partial charge on any atom is 0.129 e. The third-order valence-electron chi connectivity index (χ3n) is 4.57. The van der Waals surface area contributed by atoms with Crippen LogP contribution in [-0.4, -0.2) is 9.78 Å². The van der Waals surface area contributed by atoms with Crippen LogP contribution in [-0.2, 0) is 12.5 Å². The summed E-state index contributed by atoms with van der Waals surface area (Å²) in [5.41, 5.74) is 8.82. The lowest BCUT2D eigenvalue weighted by atomic mass is 9.81. The van der Waals surface area contributed by atoms with Crippen LogP contribution in [0.1, 0.15) is 38.3 Å². The molecule has 0 bridgehead atoms.